The standard InChI is InChI=1S/C66H40N10/c1-3-11-41(12-4-1)61-71-63(43-25-21-39(22-26-43)47-17-9-19-55-59(47)69-35-33-67-55)75-65(73-61)45-29-31-51-53(37-45)57-49-15-7-8-16-50(49)58(51)54-38-46(30-32-52(54)57)66-74-62(42-13-5-2-6-14-42)72-64(76-66)44-27-23-40(24-28-44)48-18-10-20-56-60(48)70-36-34-68-56/h1-38,57-58H. The van der Waals surface area contributed by atoms with Gasteiger partial charge in [-0.3, -0.25) is 19.9 Å². The quantitative estimate of drug-likeness (QED) is 0.145. The van der Waals surface area contributed by atoms with Gasteiger partial charge in [0, 0.05) is 81.1 Å². The van der Waals surface area contributed by atoms with Crippen molar-refractivity contribution in [1.29, 1.82) is 0 Å². The van der Waals surface area contributed by atoms with Crippen LogP contribution in [-0.2, 0) is 0 Å². The maximum absolute atomic E-state index is 5.22. The second-order valence-electron chi connectivity index (χ2n) is 19.1. The highest BCUT2D eigenvalue weighted by Crippen LogP contribution is 2.56. The molecule has 9 aromatic carbocycles. The lowest BCUT2D eigenvalue weighted by Gasteiger charge is -2.42. The molecule has 2 atom stereocenters. The van der Waals surface area contributed by atoms with Gasteiger partial charge in [-0.2, -0.15) is 0 Å². The van der Waals surface area contributed by atoms with Crippen LogP contribution in [0.1, 0.15) is 45.2 Å². The molecule has 0 fully saturated rings. The Morgan fingerprint density at radius 3 is 0.947 bits per heavy atom. The molecule has 0 amide bonds. The number of aromatic nitrogens is 10. The lowest BCUT2D eigenvalue weighted by Crippen LogP contribution is -2.27. The molecule has 2 unspecified atom stereocenters. The number of hydrogen-bond donors (Lipinski definition) is 0. The summed E-state index contributed by atoms with van der Waals surface area (Å²) in [5, 5.41) is 0. The van der Waals surface area contributed by atoms with Crippen LogP contribution in [0.5, 0.6) is 0 Å². The van der Waals surface area contributed by atoms with Crippen molar-refractivity contribution >= 4 is 22.1 Å². The van der Waals surface area contributed by atoms with E-state index < -0.39 is 0 Å². The normalized spacial score (nSPS) is 14.1. The molecule has 3 aliphatic rings. The van der Waals surface area contributed by atoms with Crippen molar-refractivity contribution in [1.82, 2.24) is 49.8 Å². The Hall–Kier alpha value is -10.3. The Morgan fingerprint density at radius 1 is 0.224 bits per heavy atom. The minimum atomic E-state index is -0.0126. The number of fused-ring (bicyclic) bond motifs is 2. The molecule has 76 heavy (non-hydrogen) atoms. The smallest absolute Gasteiger partial charge is 0.164 e. The number of benzene rings is 9. The molecule has 0 spiro atoms. The minimum absolute atomic E-state index is 0.0126. The van der Waals surface area contributed by atoms with E-state index in [1.54, 1.807) is 24.8 Å². The molecule has 16 rings (SSSR count). The highest BCUT2D eigenvalue weighted by Gasteiger charge is 2.41. The van der Waals surface area contributed by atoms with E-state index in [9.17, 15) is 0 Å². The van der Waals surface area contributed by atoms with Gasteiger partial charge >= 0.3 is 0 Å². The van der Waals surface area contributed by atoms with Crippen LogP contribution in [0.4, 0.5) is 0 Å². The molecule has 0 radical (unpaired) electrons. The Morgan fingerprint density at radius 2 is 0.539 bits per heavy atom. The predicted molar refractivity (Wildman–Crippen MR) is 298 cm³/mol. The van der Waals surface area contributed by atoms with E-state index in [1.165, 1.54) is 33.4 Å². The van der Waals surface area contributed by atoms with Gasteiger partial charge in [-0.15, -0.1) is 0 Å². The maximum atomic E-state index is 5.22. The first-order valence-electron chi connectivity index (χ1n) is 25.3. The fourth-order valence-corrected chi connectivity index (χ4v) is 11.2. The summed E-state index contributed by atoms with van der Waals surface area (Å²) < 4.78 is 0. The van der Waals surface area contributed by atoms with Gasteiger partial charge < -0.3 is 0 Å². The predicted octanol–water partition coefficient (Wildman–Crippen LogP) is 14.3. The number of nitrogens with zero attached hydrogens (tertiary/aromatic N) is 10. The van der Waals surface area contributed by atoms with Crippen LogP contribution in [0.25, 0.3) is 113 Å². The van der Waals surface area contributed by atoms with Crippen molar-refractivity contribution in [3.8, 4) is 90.6 Å². The van der Waals surface area contributed by atoms with Gasteiger partial charge in [-0.05, 0) is 68.8 Å². The largest absolute Gasteiger partial charge is 0.253 e. The first-order valence-corrected chi connectivity index (χ1v) is 25.3. The van der Waals surface area contributed by atoms with Crippen LogP contribution >= 0.6 is 0 Å². The lowest BCUT2D eigenvalue weighted by atomic mass is 9.61. The second kappa shape index (κ2) is 17.7. The molecule has 10 nitrogen and oxygen atoms in total. The molecule has 13 aromatic rings. The summed E-state index contributed by atoms with van der Waals surface area (Å²) in [5.74, 6) is 3.62. The minimum Gasteiger partial charge on any atom is -0.253 e. The van der Waals surface area contributed by atoms with Gasteiger partial charge in [-0.1, -0.05) is 182 Å². The van der Waals surface area contributed by atoms with E-state index >= 15 is 0 Å². The van der Waals surface area contributed by atoms with Crippen LogP contribution in [-0.4, -0.2) is 49.8 Å². The molecule has 0 saturated heterocycles. The van der Waals surface area contributed by atoms with E-state index in [-0.39, 0.29) is 11.8 Å². The number of hydrogen-bond acceptors (Lipinski definition) is 10. The zero-order chi connectivity index (χ0) is 50.1. The van der Waals surface area contributed by atoms with Crippen molar-refractivity contribution < 1.29 is 0 Å². The molecule has 0 saturated carbocycles. The molecule has 0 aliphatic heterocycles. The monoisotopic (exact) mass is 972 g/mol. The first kappa shape index (κ1) is 43.3. The molecule has 10 heteroatoms. The van der Waals surface area contributed by atoms with E-state index in [0.717, 1.165) is 77.7 Å². The molecular formula is C66H40N10. The maximum Gasteiger partial charge on any atom is 0.164 e. The zero-order valence-corrected chi connectivity index (χ0v) is 40.6. The Balaban J connectivity index is 0.811. The summed E-state index contributed by atoms with van der Waals surface area (Å²) in [4.78, 5) is 49.3. The van der Waals surface area contributed by atoms with Crippen molar-refractivity contribution in [3.63, 3.8) is 0 Å². The molecular weight excluding hydrogens is 933 g/mol. The lowest BCUT2D eigenvalue weighted by molar-refractivity contribution is 0.754. The molecule has 3 aliphatic carbocycles. The molecule has 354 valence electrons. The van der Waals surface area contributed by atoms with Crippen molar-refractivity contribution in [3.05, 3.63) is 264 Å². The van der Waals surface area contributed by atoms with Gasteiger partial charge in [0.05, 0.1) is 22.1 Å². The third-order valence-corrected chi connectivity index (χ3v) is 14.8. The van der Waals surface area contributed by atoms with Crippen molar-refractivity contribution in [2.24, 2.45) is 0 Å². The van der Waals surface area contributed by atoms with Crippen molar-refractivity contribution in [2.45, 2.75) is 11.8 Å². The fourth-order valence-electron chi connectivity index (χ4n) is 11.2. The van der Waals surface area contributed by atoms with Crippen molar-refractivity contribution in [2.75, 3.05) is 0 Å². The van der Waals surface area contributed by atoms with Crippen LogP contribution in [0, 0.1) is 0 Å². The average Bonchev–Trinajstić information content (AvgIpc) is 3.64. The van der Waals surface area contributed by atoms with Crippen LogP contribution in [0.15, 0.2) is 231 Å². The van der Waals surface area contributed by atoms with Gasteiger partial charge in [0.2, 0.25) is 0 Å². The Bertz CT molecular complexity index is 4120. The molecule has 2 bridgehead atoms. The highest BCUT2D eigenvalue weighted by molar-refractivity contribution is 5.93. The summed E-state index contributed by atoms with van der Waals surface area (Å²) >= 11 is 0. The third kappa shape index (κ3) is 7.34. The van der Waals surface area contributed by atoms with E-state index in [4.69, 9.17) is 29.9 Å². The van der Waals surface area contributed by atoms with Gasteiger partial charge in [0.15, 0.2) is 34.9 Å². The molecule has 0 N–H and O–H groups in total. The zero-order valence-electron chi connectivity index (χ0n) is 40.6. The van der Waals surface area contributed by atoms with E-state index in [1.807, 2.05) is 84.9 Å². The fraction of sp³-hybridized carbons (Fsp3) is 0.0303. The van der Waals surface area contributed by atoms with Gasteiger partial charge in [-0.25, -0.2) is 29.9 Å². The van der Waals surface area contributed by atoms with Crippen LogP contribution in [0.2, 0.25) is 0 Å². The number of para-hydroxylation sites is 2. The van der Waals surface area contributed by atoms with Crippen LogP contribution in [0.3, 0.4) is 0 Å². The van der Waals surface area contributed by atoms with E-state index in [2.05, 4.69) is 141 Å². The molecule has 4 heterocycles. The Labute approximate surface area is 436 Å². The first-order chi connectivity index (χ1) is 37.6. The molecule has 4 aromatic heterocycles. The summed E-state index contributed by atoms with van der Waals surface area (Å²) in [6, 6.07) is 71.5. The third-order valence-electron chi connectivity index (χ3n) is 14.8. The number of rotatable bonds is 8. The average molecular weight is 973 g/mol. The summed E-state index contributed by atoms with van der Waals surface area (Å²) in [6.07, 6.45) is 6.91. The van der Waals surface area contributed by atoms with Gasteiger partial charge in [0.1, 0.15) is 0 Å². The van der Waals surface area contributed by atoms with Crippen LogP contribution < -0.4 is 0 Å². The summed E-state index contributed by atoms with van der Waals surface area (Å²) in [5.41, 5.74) is 20.7. The summed E-state index contributed by atoms with van der Waals surface area (Å²) in [7, 11) is 0. The SMILES string of the molecule is c1ccc(-c2nc(-c3ccc(-c4cccc5nccnc45)cc3)nc(-c3ccc4c(c3)C3c5ccccc5C4c4cc(-c5nc(-c6ccccc6)nc(-c6ccc(-c7cccc8nccnc78)cc6)n5)ccc43)n2)cc1. The van der Waals surface area contributed by atoms with E-state index in [0.29, 0.717) is 34.9 Å². The Kier molecular flexibility index (Phi) is 10.1. The van der Waals surface area contributed by atoms with Gasteiger partial charge in [0.25, 0.3) is 0 Å². The second-order valence-corrected chi connectivity index (χ2v) is 19.1. The summed E-state index contributed by atoms with van der Waals surface area (Å²) in [6.45, 7) is 0. The highest BCUT2D eigenvalue weighted by atomic mass is 15.0. The topological polar surface area (TPSA) is 129 Å².